The molecule has 3 aromatic carbocycles. The minimum atomic E-state index is -1.39. The monoisotopic (exact) mass is 401 g/mol. The van der Waals surface area contributed by atoms with Gasteiger partial charge in [0.25, 0.3) is 5.69 Å². The zero-order valence-corrected chi connectivity index (χ0v) is 16.5. The highest BCUT2D eigenvalue weighted by molar-refractivity contribution is 6.19. The lowest BCUT2D eigenvalue weighted by Crippen LogP contribution is -2.28. The van der Waals surface area contributed by atoms with Crippen LogP contribution < -0.4 is 0 Å². The number of azo groups is 1. The van der Waals surface area contributed by atoms with E-state index in [1.807, 2.05) is 19.9 Å². The van der Waals surface area contributed by atoms with Gasteiger partial charge in [-0.15, -0.1) is 0 Å². The Morgan fingerprint density at radius 3 is 1.93 bits per heavy atom. The van der Waals surface area contributed by atoms with Gasteiger partial charge in [-0.2, -0.15) is 10.2 Å². The van der Waals surface area contributed by atoms with E-state index in [4.69, 9.17) is 0 Å². The van der Waals surface area contributed by atoms with E-state index in [-0.39, 0.29) is 11.3 Å². The number of carbonyl (C=O) groups is 2. The second-order valence-corrected chi connectivity index (χ2v) is 6.86. The summed E-state index contributed by atoms with van der Waals surface area (Å²) in [6, 6.07) is 17.7. The Morgan fingerprint density at radius 2 is 1.40 bits per heavy atom. The molecule has 3 aromatic rings. The molecule has 1 unspecified atom stereocenters. The number of nitrogens with zero attached hydrogens (tertiary/aromatic N) is 3. The van der Waals surface area contributed by atoms with Crippen molar-refractivity contribution in [2.45, 2.75) is 19.9 Å². The van der Waals surface area contributed by atoms with E-state index in [9.17, 15) is 19.7 Å². The minimum Gasteiger partial charge on any atom is -0.291 e. The van der Waals surface area contributed by atoms with Crippen LogP contribution in [0.2, 0.25) is 0 Å². The third kappa shape index (κ3) is 4.88. The van der Waals surface area contributed by atoms with Crippen molar-refractivity contribution < 1.29 is 14.5 Å². The molecule has 0 N–H and O–H groups in total. The third-order valence-electron chi connectivity index (χ3n) is 4.49. The Bertz CT molecular complexity index is 1120. The van der Waals surface area contributed by atoms with E-state index >= 15 is 0 Å². The molecule has 0 heterocycles. The fraction of sp³-hybridized carbons (Fsp3) is 0.130. The maximum atomic E-state index is 13.1. The Morgan fingerprint density at radius 1 is 0.833 bits per heavy atom. The summed E-state index contributed by atoms with van der Waals surface area (Å²) in [5.74, 6) is -1.07. The van der Waals surface area contributed by atoms with E-state index in [0.29, 0.717) is 11.3 Å². The molecule has 0 saturated heterocycles. The first-order valence-electron chi connectivity index (χ1n) is 9.22. The van der Waals surface area contributed by atoms with Crippen LogP contribution >= 0.6 is 0 Å². The Labute approximate surface area is 173 Å². The van der Waals surface area contributed by atoms with Gasteiger partial charge in [0.2, 0.25) is 0 Å². The summed E-state index contributed by atoms with van der Waals surface area (Å²) in [5.41, 5.74) is 2.81. The number of hydrogen-bond acceptors (Lipinski definition) is 6. The van der Waals surface area contributed by atoms with Crippen molar-refractivity contribution in [1.82, 2.24) is 0 Å². The summed E-state index contributed by atoms with van der Waals surface area (Å²) in [6.45, 7) is 3.79. The summed E-state index contributed by atoms with van der Waals surface area (Å²) in [6.07, 6.45) is 0. The standard InChI is InChI=1S/C23H19N3O4/c1-15-6-8-17(9-7-15)22(27)21(25-24-19-5-3-4-16(2)14-19)23(28)18-10-12-20(13-11-18)26(29)30/h3-14,21H,1-2H3. The molecular weight excluding hydrogens is 382 g/mol. The molecule has 150 valence electrons. The Kier molecular flexibility index (Phi) is 6.22. The van der Waals surface area contributed by atoms with Gasteiger partial charge in [-0.1, -0.05) is 42.0 Å². The second-order valence-electron chi connectivity index (χ2n) is 6.86. The van der Waals surface area contributed by atoms with Gasteiger partial charge in [0.15, 0.2) is 17.6 Å². The molecule has 7 nitrogen and oxygen atoms in total. The van der Waals surface area contributed by atoms with E-state index in [2.05, 4.69) is 10.2 Å². The van der Waals surface area contributed by atoms with Crippen LogP contribution in [0.5, 0.6) is 0 Å². The van der Waals surface area contributed by atoms with E-state index in [1.54, 1.807) is 42.5 Å². The number of rotatable bonds is 7. The van der Waals surface area contributed by atoms with Crippen LogP contribution in [0.1, 0.15) is 31.8 Å². The molecule has 3 rings (SSSR count). The van der Waals surface area contributed by atoms with Crippen molar-refractivity contribution in [3.8, 4) is 0 Å². The SMILES string of the molecule is Cc1ccc(C(=O)C(N=Nc2cccc(C)c2)C(=O)c2ccc([N+](=O)[O-])cc2)cc1. The van der Waals surface area contributed by atoms with Crippen LogP contribution in [-0.2, 0) is 0 Å². The maximum Gasteiger partial charge on any atom is 0.269 e. The molecule has 0 aliphatic rings. The number of nitro benzene ring substituents is 1. The molecule has 1 atom stereocenters. The first kappa shape index (κ1) is 20.7. The van der Waals surface area contributed by atoms with Crippen molar-refractivity contribution in [2.75, 3.05) is 0 Å². The molecule has 0 spiro atoms. The van der Waals surface area contributed by atoms with Gasteiger partial charge in [0.05, 0.1) is 10.6 Å². The predicted molar refractivity (Wildman–Crippen MR) is 112 cm³/mol. The first-order valence-corrected chi connectivity index (χ1v) is 9.22. The average Bonchev–Trinajstić information content (AvgIpc) is 2.74. The van der Waals surface area contributed by atoms with E-state index in [0.717, 1.165) is 11.1 Å². The smallest absolute Gasteiger partial charge is 0.269 e. The predicted octanol–water partition coefficient (Wildman–Crippen LogP) is 5.43. The van der Waals surface area contributed by atoms with Crippen LogP contribution in [0.3, 0.4) is 0 Å². The molecular formula is C23H19N3O4. The maximum absolute atomic E-state index is 13.1. The van der Waals surface area contributed by atoms with Crippen molar-refractivity contribution in [3.05, 3.63) is 105 Å². The van der Waals surface area contributed by atoms with Crippen molar-refractivity contribution in [3.63, 3.8) is 0 Å². The van der Waals surface area contributed by atoms with Gasteiger partial charge in [0, 0.05) is 23.3 Å². The number of ketones is 2. The molecule has 0 aliphatic carbocycles. The molecule has 7 heteroatoms. The van der Waals surface area contributed by atoms with Gasteiger partial charge in [-0.3, -0.25) is 19.7 Å². The molecule has 0 aliphatic heterocycles. The highest BCUT2D eigenvalue weighted by Crippen LogP contribution is 2.20. The van der Waals surface area contributed by atoms with Crippen LogP contribution in [0.15, 0.2) is 83.0 Å². The van der Waals surface area contributed by atoms with Gasteiger partial charge in [0.1, 0.15) is 0 Å². The van der Waals surface area contributed by atoms with Gasteiger partial charge in [-0.25, -0.2) is 0 Å². The van der Waals surface area contributed by atoms with Crippen molar-refractivity contribution in [1.29, 1.82) is 0 Å². The van der Waals surface area contributed by atoms with Crippen LogP contribution in [0.25, 0.3) is 0 Å². The van der Waals surface area contributed by atoms with Crippen molar-refractivity contribution in [2.24, 2.45) is 10.2 Å². The van der Waals surface area contributed by atoms with Crippen LogP contribution in [0.4, 0.5) is 11.4 Å². The summed E-state index contributed by atoms with van der Waals surface area (Å²) < 4.78 is 0. The largest absolute Gasteiger partial charge is 0.291 e. The zero-order valence-electron chi connectivity index (χ0n) is 16.5. The number of aryl methyl sites for hydroxylation is 2. The third-order valence-corrected chi connectivity index (χ3v) is 4.49. The lowest BCUT2D eigenvalue weighted by atomic mass is 9.96. The fourth-order valence-electron chi connectivity index (χ4n) is 2.82. The van der Waals surface area contributed by atoms with E-state index in [1.165, 1.54) is 24.3 Å². The Hall–Kier alpha value is -4.00. The van der Waals surface area contributed by atoms with Crippen LogP contribution in [0, 0.1) is 24.0 Å². The molecule has 30 heavy (non-hydrogen) atoms. The normalized spacial score (nSPS) is 11.9. The fourth-order valence-corrected chi connectivity index (χ4v) is 2.82. The number of non-ortho nitro benzene ring substituents is 1. The second kappa shape index (κ2) is 9.00. The molecule has 0 bridgehead atoms. The molecule has 0 saturated carbocycles. The van der Waals surface area contributed by atoms with Crippen molar-refractivity contribution >= 4 is 22.9 Å². The highest BCUT2D eigenvalue weighted by Gasteiger charge is 2.29. The van der Waals surface area contributed by atoms with E-state index < -0.39 is 22.5 Å². The van der Waals surface area contributed by atoms with Gasteiger partial charge < -0.3 is 0 Å². The number of nitro groups is 1. The summed E-state index contributed by atoms with van der Waals surface area (Å²) >= 11 is 0. The summed E-state index contributed by atoms with van der Waals surface area (Å²) in [4.78, 5) is 36.4. The zero-order chi connectivity index (χ0) is 21.7. The average molecular weight is 401 g/mol. The number of Topliss-reactive ketones (excluding diaryl/α,β-unsaturated/α-hetero) is 2. The number of benzene rings is 3. The molecule has 0 radical (unpaired) electrons. The lowest BCUT2D eigenvalue weighted by Gasteiger charge is -2.10. The highest BCUT2D eigenvalue weighted by atomic mass is 16.6. The quantitative estimate of drug-likeness (QED) is 0.173. The minimum absolute atomic E-state index is 0.144. The molecule has 0 fully saturated rings. The lowest BCUT2D eigenvalue weighted by molar-refractivity contribution is -0.384. The molecule has 0 amide bonds. The first-order chi connectivity index (χ1) is 14.3. The number of carbonyl (C=O) groups excluding carboxylic acids is 2. The Balaban J connectivity index is 1.97. The topological polar surface area (TPSA) is 102 Å². The summed E-state index contributed by atoms with van der Waals surface area (Å²) in [5, 5.41) is 19.0. The molecule has 0 aromatic heterocycles. The summed E-state index contributed by atoms with van der Waals surface area (Å²) in [7, 11) is 0. The van der Waals surface area contributed by atoms with Gasteiger partial charge >= 0.3 is 0 Å². The number of hydrogen-bond donors (Lipinski definition) is 0. The van der Waals surface area contributed by atoms with Gasteiger partial charge in [-0.05, 0) is 43.7 Å². The van der Waals surface area contributed by atoms with Crippen LogP contribution in [-0.4, -0.2) is 22.5 Å².